The zero-order chi connectivity index (χ0) is 17.8. The molecule has 1 aliphatic carbocycles. The van der Waals surface area contributed by atoms with Crippen molar-refractivity contribution in [3.63, 3.8) is 0 Å². The molecule has 2 fully saturated rings. The molecule has 4 heteroatoms. The molecule has 1 amide bonds. The van der Waals surface area contributed by atoms with Crippen molar-refractivity contribution in [2.75, 3.05) is 26.2 Å². The van der Waals surface area contributed by atoms with E-state index in [1.54, 1.807) is 0 Å². The highest BCUT2D eigenvalue weighted by Crippen LogP contribution is 2.47. The Morgan fingerprint density at radius 2 is 1.80 bits per heavy atom. The second-order valence-electron chi connectivity index (χ2n) is 8.20. The predicted octanol–water partition coefficient (Wildman–Crippen LogP) is 4.43. The summed E-state index contributed by atoms with van der Waals surface area (Å²) in [5.74, 6) is 2.50. The van der Waals surface area contributed by atoms with Crippen LogP contribution in [0.25, 0.3) is 0 Å². The number of halogens is 1. The first-order valence-corrected chi connectivity index (χ1v) is 10.6. The first kappa shape index (κ1) is 18.9. The number of benzene rings is 1. The van der Waals surface area contributed by atoms with Crippen LogP contribution in [0.2, 0.25) is 0 Å². The lowest BCUT2D eigenvalue weighted by Crippen LogP contribution is -2.39. The molecule has 1 saturated heterocycles. The number of likely N-dealkylation sites (tertiary alicyclic amines) is 1. The highest BCUT2D eigenvalue weighted by atomic mass is 79.9. The molecule has 2 aliphatic rings. The summed E-state index contributed by atoms with van der Waals surface area (Å²) in [4.78, 5) is 14.9. The summed E-state index contributed by atoms with van der Waals surface area (Å²) in [6, 6.07) is 8.38. The molecule has 25 heavy (non-hydrogen) atoms. The van der Waals surface area contributed by atoms with E-state index in [0.717, 1.165) is 35.7 Å². The number of nitrogens with one attached hydrogen (secondary N) is 1. The van der Waals surface area contributed by atoms with Gasteiger partial charge in [0.15, 0.2) is 0 Å². The smallest absolute Gasteiger partial charge is 0.223 e. The van der Waals surface area contributed by atoms with E-state index >= 15 is 0 Å². The molecular weight excluding hydrogens is 376 g/mol. The zero-order valence-electron chi connectivity index (χ0n) is 15.5. The second kappa shape index (κ2) is 8.68. The maximum absolute atomic E-state index is 12.3. The molecule has 4 atom stereocenters. The van der Waals surface area contributed by atoms with Gasteiger partial charge in [-0.05, 0) is 67.7 Å². The summed E-state index contributed by atoms with van der Waals surface area (Å²) in [7, 11) is 0. The summed E-state index contributed by atoms with van der Waals surface area (Å²) >= 11 is 3.46. The Morgan fingerprint density at radius 3 is 2.48 bits per heavy atom. The number of nitrogens with zero attached hydrogens (tertiary/aromatic N) is 1. The Bertz CT molecular complexity index is 564. The largest absolute Gasteiger partial charge is 0.356 e. The molecule has 138 valence electrons. The maximum Gasteiger partial charge on any atom is 0.223 e. The lowest BCUT2D eigenvalue weighted by Gasteiger charge is -2.34. The van der Waals surface area contributed by atoms with Crippen molar-refractivity contribution in [2.24, 2.45) is 17.8 Å². The van der Waals surface area contributed by atoms with E-state index in [0.29, 0.717) is 5.92 Å². The summed E-state index contributed by atoms with van der Waals surface area (Å²) in [5.41, 5.74) is 1.29. The second-order valence-corrected chi connectivity index (χ2v) is 9.12. The summed E-state index contributed by atoms with van der Waals surface area (Å²) < 4.78 is 1.09. The molecule has 0 aromatic heterocycles. The van der Waals surface area contributed by atoms with Crippen LogP contribution in [0.3, 0.4) is 0 Å². The third kappa shape index (κ3) is 5.55. The van der Waals surface area contributed by atoms with Gasteiger partial charge in [-0.3, -0.25) is 4.79 Å². The van der Waals surface area contributed by atoms with Crippen LogP contribution in [-0.2, 0) is 4.79 Å². The van der Waals surface area contributed by atoms with Gasteiger partial charge in [0.2, 0.25) is 5.91 Å². The fourth-order valence-corrected chi connectivity index (χ4v) is 4.61. The Kier molecular flexibility index (Phi) is 6.56. The van der Waals surface area contributed by atoms with Crippen molar-refractivity contribution in [1.82, 2.24) is 10.2 Å². The zero-order valence-corrected chi connectivity index (χ0v) is 17.1. The number of rotatable bonds is 7. The van der Waals surface area contributed by atoms with Crippen LogP contribution in [0.4, 0.5) is 0 Å². The Morgan fingerprint density at radius 1 is 1.12 bits per heavy atom. The van der Waals surface area contributed by atoms with Crippen LogP contribution in [0.1, 0.15) is 51.0 Å². The van der Waals surface area contributed by atoms with Gasteiger partial charge in [-0.15, -0.1) is 0 Å². The van der Waals surface area contributed by atoms with Crippen molar-refractivity contribution >= 4 is 21.8 Å². The minimum absolute atomic E-state index is 0.185. The highest BCUT2D eigenvalue weighted by molar-refractivity contribution is 9.10. The SMILES string of the molecule is CC1CC(C)CN(CCCCNC(=O)C2CC2c2ccc(Br)cc2)C1. The maximum atomic E-state index is 12.3. The van der Waals surface area contributed by atoms with Crippen LogP contribution in [0.15, 0.2) is 28.7 Å². The van der Waals surface area contributed by atoms with E-state index < -0.39 is 0 Å². The lowest BCUT2D eigenvalue weighted by atomic mass is 9.92. The molecule has 1 saturated carbocycles. The molecule has 1 N–H and O–H groups in total. The molecule has 0 spiro atoms. The van der Waals surface area contributed by atoms with Gasteiger partial charge in [-0.1, -0.05) is 41.9 Å². The van der Waals surface area contributed by atoms with Gasteiger partial charge in [-0.25, -0.2) is 0 Å². The Labute approximate surface area is 160 Å². The van der Waals surface area contributed by atoms with Crippen molar-refractivity contribution < 1.29 is 4.79 Å². The third-order valence-electron chi connectivity index (χ3n) is 5.57. The average Bonchev–Trinajstić information content (AvgIpc) is 3.35. The van der Waals surface area contributed by atoms with Crippen LogP contribution < -0.4 is 5.32 Å². The molecule has 1 heterocycles. The molecule has 3 nitrogen and oxygen atoms in total. The fourth-order valence-electron chi connectivity index (χ4n) is 4.34. The number of carbonyl (C=O) groups is 1. The van der Waals surface area contributed by atoms with Gasteiger partial charge in [0.25, 0.3) is 0 Å². The van der Waals surface area contributed by atoms with Crippen LogP contribution >= 0.6 is 15.9 Å². The molecule has 0 bridgehead atoms. The van der Waals surface area contributed by atoms with Gasteiger partial charge in [0.1, 0.15) is 0 Å². The normalized spacial score (nSPS) is 29.4. The van der Waals surface area contributed by atoms with Crippen molar-refractivity contribution in [3.05, 3.63) is 34.3 Å². The molecule has 4 unspecified atom stereocenters. The quantitative estimate of drug-likeness (QED) is 0.679. The van der Waals surface area contributed by atoms with E-state index in [9.17, 15) is 4.79 Å². The molecule has 0 radical (unpaired) electrons. The standard InChI is InChI=1S/C21H31BrN2O/c1-15-11-16(2)14-24(13-15)10-4-3-9-23-21(25)20-12-19(20)17-5-7-18(22)8-6-17/h5-8,15-16,19-20H,3-4,9-14H2,1-2H3,(H,23,25). The minimum Gasteiger partial charge on any atom is -0.356 e. The average molecular weight is 407 g/mol. The summed E-state index contributed by atoms with van der Waals surface area (Å²) in [6.07, 6.45) is 4.63. The third-order valence-corrected chi connectivity index (χ3v) is 6.10. The summed E-state index contributed by atoms with van der Waals surface area (Å²) in [5, 5.41) is 3.14. The van der Waals surface area contributed by atoms with Gasteiger partial charge < -0.3 is 10.2 Å². The molecule has 1 aromatic rings. The Balaban J connectivity index is 1.29. The van der Waals surface area contributed by atoms with Crippen LogP contribution in [0.5, 0.6) is 0 Å². The predicted molar refractivity (Wildman–Crippen MR) is 107 cm³/mol. The lowest BCUT2D eigenvalue weighted by molar-refractivity contribution is -0.122. The number of hydrogen-bond acceptors (Lipinski definition) is 2. The topological polar surface area (TPSA) is 32.3 Å². The molecule has 1 aromatic carbocycles. The van der Waals surface area contributed by atoms with Crippen LogP contribution in [-0.4, -0.2) is 37.0 Å². The van der Waals surface area contributed by atoms with Gasteiger partial charge in [-0.2, -0.15) is 0 Å². The first-order chi connectivity index (χ1) is 12.0. The van der Waals surface area contributed by atoms with E-state index in [1.807, 2.05) is 0 Å². The van der Waals surface area contributed by atoms with Crippen molar-refractivity contribution in [2.45, 2.75) is 45.4 Å². The number of amides is 1. The summed E-state index contributed by atoms with van der Waals surface area (Å²) in [6.45, 7) is 9.21. The van der Waals surface area contributed by atoms with Crippen LogP contribution in [0, 0.1) is 17.8 Å². The Hall–Kier alpha value is -0.870. The van der Waals surface area contributed by atoms with Gasteiger partial charge >= 0.3 is 0 Å². The number of hydrogen-bond donors (Lipinski definition) is 1. The minimum atomic E-state index is 0.185. The number of piperidine rings is 1. The molecule has 3 rings (SSSR count). The van der Waals surface area contributed by atoms with Crippen molar-refractivity contribution in [1.29, 1.82) is 0 Å². The van der Waals surface area contributed by atoms with Crippen molar-refractivity contribution in [3.8, 4) is 0 Å². The molecule has 1 aliphatic heterocycles. The van der Waals surface area contributed by atoms with E-state index in [-0.39, 0.29) is 11.8 Å². The number of carbonyl (C=O) groups excluding carboxylic acids is 1. The monoisotopic (exact) mass is 406 g/mol. The highest BCUT2D eigenvalue weighted by Gasteiger charge is 2.43. The van der Waals surface area contributed by atoms with E-state index in [1.165, 1.54) is 38.0 Å². The fraction of sp³-hybridized carbons (Fsp3) is 0.667. The van der Waals surface area contributed by atoms with E-state index in [4.69, 9.17) is 0 Å². The van der Waals surface area contributed by atoms with E-state index in [2.05, 4.69) is 64.3 Å². The number of unbranched alkanes of at least 4 members (excludes halogenated alkanes) is 1. The molecular formula is C21H31BrN2O. The first-order valence-electron chi connectivity index (χ1n) is 9.78. The van der Waals surface area contributed by atoms with Gasteiger partial charge in [0.05, 0.1) is 0 Å². The van der Waals surface area contributed by atoms with Gasteiger partial charge in [0, 0.05) is 30.0 Å².